The number of nitrogens with zero attached hydrogens (tertiary/aromatic N) is 3. The number of pyridine rings is 1. The Hall–Kier alpha value is -2.93. The van der Waals surface area contributed by atoms with Crippen molar-refractivity contribution in [1.82, 2.24) is 9.88 Å². The number of nitrogens with one attached hydrogen (secondary N) is 1. The van der Waals surface area contributed by atoms with Gasteiger partial charge in [0.2, 0.25) is 0 Å². The number of hydrogen-bond acceptors (Lipinski definition) is 5. The average molecular weight is 396 g/mol. The maximum Gasteiger partial charge on any atom is 0.257 e. The second-order valence-electron chi connectivity index (χ2n) is 6.99. The van der Waals surface area contributed by atoms with E-state index in [1.54, 1.807) is 11.0 Å². The minimum absolute atomic E-state index is 0.129. The summed E-state index contributed by atoms with van der Waals surface area (Å²) in [4.78, 5) is 33.5. The highest BCUT2D eigenvalue weighted by atomic mass is 16.5. The molecule has 1 fully saturated rings. The van der Waals surface area contributed by atoms with Crippen molar-refractivity contribution in [1.29, 1.82) is 0 Å². The monoisotopic (exact) mass is 396 g/mol. The molecule has 29 heavy (non-hydrogen) atoms. The van der Waals surface area contributed by atoms with Gasteiger partial charge in [-0.25, -0.2) is 0 Å². The van der Waals surface area contributed by atoms with E-state index in [0.29, 0.717) is 37.4 Å². The van der Waals surface area contributed by atoms with Crippen molar-refractivity contribution in [2.45, 2.75) is 20.8 Å². The van der Waals surface area contributed by atoms with Crippen LogP contribution in [0.4, 0.5) is 11.4 Å². The SMILES string of the molecule is CCN(CC)c1ccc(NC(=O)c2cncc(C(=O)N3CCOCC3)c2)c(C)c1. The van der Waals surface area contributed by atoms with Crippen molar-refractivity contribution >= 4 is 23.2 Å². The molecule has 1 aromatic heterocycles. The number of hydrogen-bond donors (Lipinski definition) is 1. The zero-order chi connectivity index (χ0) is 20.8. The maximum absolute atomic E-state index is 12.7. The normalized spacial score (nSPS) is 13.8. The number of carbonyl (C=O) groups excluding carboxylic acids is 2. The Morgan fingerprint density at radius 2 is 1.79 bits per heavy atom. The first-order valence-electron chi connectivity index (χ1n) is 10.0. The molecule has 2 aromatic rings. The molecular weight excluding hydrogens is 368 g/mol. The number of aryl methyl sites for hydroxylation is 1. The Morgan fingerprint density at radius 1 is 1.10 bits per heavy atom. The molecular formula is C22H28N4O3. The molecule has 1 saturated heterocycles. The number of morpholine rings is 1. The zero-order valence-corrected chi connectivity index (χ0v) is 17.3. The Kier molecular flexibility index (Phi) is 6.82. The van der Waals surface area contributed by atoms with Crippen molar-refractivity contribution in [2.75, 3.05) is 49.6 Å². The van der Waals surface area contributed by atoms with Crippen molar-refractivity contribution in [2.24, 2.45) is 0 Å². The summed E-state index contributed by atoms with van der Waals surface area (Å²) in [6, 6.07) is 7.59. The van der Waals surface area contributed by atoms with E-state index in [1.165, 1.54) is 12.4 Å². The molecule has 1 aliphatic rings. The highest BCUT2D eigenvalue weighted by molar-refractivity contribution is 6.06. The summed E-state index contributed by atoms with van der Waals surface area (Å²) < 4.78 is 5.29. The lowest BCUT2D eigenvalue weighted by Gasteiger charge is -2.26. The highest BCUT2D eigenvalue weighted by Crippen LogP contribution is 2.23. The Morgan fingerprint density at radius 3 is 2.45 bits per heavy atom. The predicted molar refractivity (Wildman–Crippen MR) is 114 cm³/mol. The largest absolute Gasteiger partial charge is 0.378 e. The second kappa shape index (κ2) is 9.52. The molecule has 1 aromatic carbocycles. The van der Waals surface area contributed by atoms with Crippen molar-refractivity contribution in [3.8, 4) is 0 Å². The lowest BCUT2D eigenvalue weighted by Crippen LogP contribution is -2.40. The van der Waals surface area contributed by atoms with Crippen LogP contribution in [0.2, 0.25) is 0 Å². The van der Waals surface area contributed by atoms with Crippen LogP contribution in [0.5, 0.6) is 0 Å². The molecule has 2 amide bonds. The van der Waals surface area contributed by atoms with Crippen LogP contribution in [-0.4, -0.2) is 61.1 Å². The summed E-state index contributed by atoms with van der Waals surface area (Å²) in [6.45, 7) is 10.2. The van der Waals surface area contributed by atoms with Gasteiger partial charge in [-0.15, -0.1) is 0 Å². The average Bonchev–Trinajstić information content (AvgIpc) is 2.76. The summed E-state index contributed by atoms with van der Waals surface area (Å²) in [5.41, 5.74) is 3.63. The molecule has 7 nitrogen and oxygen atoms in total. The second-order valence-corrected chi connectivity index (χ2v) is 6.99. The molecule has 0 spiro atoms. The minimum atomic E-state index is -0.284. The highest BCUT2D eigenvalue weighted by Gasteiger charge is 2.20. The molecule has 1 N–H and O–H groups in total. The summed E-state index contributed by atoms with van der Waals surface area (Å²) in [6.07, 6.45) is 2.98. The fourth-order valence-electron chi connectivity index (χ4n) is 3.40. The maximum atomic E-state index is 12.7. The fraction of sp³-hybridized carbons (Fsp3) is 0.409. The summed E-state index contributed by atoms with van der Waals surface area (Å²) >= 11 is 0. The quantitative estimate of drug-likeness (QED) is 0.813. The van der Waals surface area contributed by atoms with E-state index < -0.39 is 0 Å². The number of rotatable bonds is 6. The zero-order valence-electron chi connectivity index (χ0n) is 17.3. The Balaban J connectivity index is 1.73. The molecule has 0 atom stereocenters. The molecule has 0 radical (unpaired) electrons. The van der Waals surface area contributed by atoms with Gasteiger partial charge in [-0.2, -0.15) is 0 Å². The van der Waals surface area contributed by atoms with Gasteiger partial charge in [0.1, 0.15) is 0 Å². The molecule has 0 aliphatic carbocycles. The lowest BCUT2D eigenvalue weighted by atomic mass is 10.1. The van der Waals surface area contributed by atoms with E-state index in [1.807, 2.05) is 19.1 Å². The first-order chi connectivity index (χ1) is 14.0. The number of anilines is 2. The van der Waals surface area contributed by atoms with E-state index in [9.17, 15) is 9.59 Å². The molecule has 0 bridgehead atoms. The molecule has 0 saturated carbocycles. The number of aromatic nitrogens is 1. The van der Waals surface area contributed by atoms with Crippen molar-refractivity contribution in [3.63, 3.8) is 0 Å². The Bertz CT molecular complexity index is 874. The molecule has 3 rings (SSSR count). The third-order valence-electron chi connectivity index (χ3n) is 5.13. The number of carbonyl (C=O) groups is 2. The van der Waals surface area contributed by atoms with Crippen LogP contribution in [0.15, 0.2) is 36.7 Å². The van der Waals surface area contributed by atoms with Gasteiger partial charge in [0, 0.05) is 49.9 Å². The predicted octanol–water partition coefficient (Wildman–Crippen LogP) is 2.96. The van der Waals surface area contributed by atoms with E-state index in [0.717, 1.165) is 30.0 Å². The van der Waals surface area contributed by atoms with Gasteiger partial charge in [-0.05, 0) is 50.6 Å². The molecule has 2 heterocycles. The van der Waals surface area contributed by atoms with E-state index in [-0.39, 0.29) is 11.8 Å². The van der Waals surface area contributed by atoms with Crippen LogP contribution in [0.3, 0.4) is 0 Å². The van der Waals surface area contributed by atoms with Gasteiger partial charge >= 0.3 is 0 Å². The summed E-state index contributed by atoms with van der Waals surface area (Å²) in [5.74, 6) is -0.414. The minimum Gasteiger partial charge on any atom is -0.378 e. The number of ether oxygens (including phenoxy) is 1. The van der Waals surface area contributed by atoms with Crippen LogP contribution < -0.4 is 10.2 Å². The molecule has 1 aliphatic heterocycles. The van der Waals surface area contributed by atoms with Gasteiger partial charge in [-0.1, -0.05) is 0 Å². The first-order valence-corrected chi connectivity index (χ1v) is 10.0. The summed E-state index contributed by atoms with van der Waals surface area (Å²) in [5, 5.41) is 2.93. The van der Waals surface area contributed by atoms with E-state index in [4.69, 9.17) is 4.74 Å². The van der Waals surface area contributed by atoms with Gasteiger partial charge in [-0.3, -0.25) is 14.6 Å². The van der Waals surface area contributed by atoms with Crippen LogP contribution in [0, 0.1) is 6.92 Å². The lowest BCUT2D eigenvalue weighted by molar-refractivity contribution is 0.0302. The van der Waals surface area contributed by atoms with Crippen LogP contribution >= 0.6 is 0 Å². The van der Waals surface area contributed by atoms with Gasteiger partial charge in [0.15, 0.2) is 0 Å². The van der Waals surface area contributed by atoms with Crippen LogP contribution in [0.1, 0.15) is 40.1 Å². The van der Waals surface area contributed by atoms with E-state index >= 15 is 0 Å². The third-order valence-corrected chi connectivity index (χ3v) is 5.13. The summed E-state index contributed by atoms with van der Waals surface area (Å²) in [7, 11) is 0. The van der Waals surface area contributed by atoms with Crippen LogP contribution in [-0.2, 0) is 4.74 Å². The van der Waals surface area contributed by atoms with Crippen LogP contribution in [0.25, 0.3) is 0 Å². The third kappa shape index (κ3) is 4.92. The number of amides is 2. The smallest absolute Gasteiger partial charge is 0.257 e. The van der Waals surface area contributed by atoms with Gasteiger partial charge < -0.3 is 19.9 Å². The van der Waals surface area contributed by atoms with E-state index in [2.05, 4.69) is 35.1 Å². The molecule has 7 heteroatoms. The fourth-order valence-corrected chi connectivity index (χ4v) is 3.40. The standard InChI is InChI=1S/C22H28N4O3/c1-4-25(5-2)19-6-7-20(16(3)12-19)24-21(27)17-13-18(15-23-14-17)22(28)26-8-10-29-11-9-26/h6-7,12-15H,4-5,8-11H2,1-3H3,(H,24,27). The van der Waals surface area contributed by atoms with Gasteiger partial charge in [0.25, 0.3) is 11.8 Å². The molecule has 0 unspecified atom stereocenters. The van der Waals surface area contributed by atoms with Gasteiger partial charge in [0.05, 0.1) is 24.3 Å². The van der Waals surface area contributed by atoms with Crippen molar-refractivity contribution in [3.05, 3.63) is 53.3 Å². The van der Waals surface area contributed by atoms with Crippen molar-refractivity contribution < 1.29 is 14.3 Å². The number of benzene rings is 1. The molecule has 154 valence electrons. The topological polar surface area (TPSA) is 74.8 Å². The Labute approximate surface area is 171 Å². The first kappa shape index (κ1) is 20.8.